The number of halogens is 1. The highest BCUT2D eigenvalue weighted by molar-refractivity contribution is 5.98. The van der Waals surface area contributed by atoms with Crippen LogP contribution < -0.4 is 5.32 Å². The Hall–Kier alpha value is -3.51. The third-order valence-corrected chi connectivity index (χ3v) is 7.61. The number of hydrogen-bond acceptors (Lipinski definition) is 3. The highest BCUT2D eigenvalue weighted by atomic mass is 19.1. The molecule has 0 unspecified atom stereocenters. The second kappa shape index (κ2) is 12.1. The standard InChI is InChI=1S/C33H39FN2O3/c1-22-9-5-14-28(34)29(22)32(39)36-19-7-13-27(30(36)24-17-15-23(16-18-24)10-8-20-37)31(38)35-26-12-6-11-25(21-26)33(2,3)4/h5-6,9,11-12,14-18,21,27,30,37H,7-8,10,13,19-20H2,1-4H3,(H,35,38)/t27-,30-/m0/s1. The number of nitrogens with zero attached hydrogens (tertiary/aromatic N) is 1. The number of amides is 2. The molecule has 0 aliphatic carbocycles. The van der Waals surface area contributed by atoms with Crippen molar-refractivity contribution >= 4 is 17.5 Å². The zero-order valence-corrected chi connectivity index (χ0v) is 23.3. The van der Waals surface area contributed by atoms with E-state index in [1.165, 1.54) is 6.07 Å². The topological polar surface area (TPSA) is 69.6 Å². The van der Waals surface area contributed by atoms with E-state index in [2.05, 4.69) is 32.2 Å². The highest BCUT2D eigenvalue weighted by Crippen LogP contribution is 2.39. The van der Waals surface area contributed by atoms with Crippen molar-refractivity contribution in [1.29, 1.82) is 0 Å². The van der Waals surface area contributed by atoms with Crippen molar-refractivity contribution in [3.8, 4) is 0 Å². The predicted octanol–water partition coefficient (Wildman–Crippen LogP) is 6.59. The second-order valence-corrected chi connectivity index (χ2v) is 11.5. The zero-order valence-electron chi connectivity index (χ0n) is 23.3. The Kier molecular flexibility index (Phi) is 8.86. The van der Waals surface area contributed by atoms with Crippen molar-refractivity contribution in [2.24, 2.45) is 5.92 Å². The van der Waals surface area contributed by atoms with Crippen LogP contribution >= 0.6 is 0 Å². The van der Waals surface area contributed by atoms with Crippen LogP contribution in [-0.4, -0.2) is 35.0 Å². The van der Waals surface area contributed by atoms with Gasteiger partial charge in [-0.05, 0) is 78.5 Å². The Balaban J connectivity index is 1.70. The van der Waals surface area contributed by atoms with Crippen molar-refractivity contribution in [2.45, 2.75) is 64.8 Å². The van der Waals surface area contributed by atoms with Gasteiger partial charge in [-0.1, -0.05) is 69.3 Å². The van der Waals surface area contributed by atoms with Crippen molar-refractivity contribution in [3.63, 3.8) is 0 Å². The largest absolute Gasteiger partial charge is 0.396 e. The van der Waals surface area contributed by atoms with Gasteiger partial charge in [-0.15, -0.1) is 0 Å². The molecule has 0 radical (unpaired) electrons. The first-order valence-electron chi connectivity index (χ1n) is 13.8. The number of carbonyl (C=O) groups excluding carboxylic acids is 2. The third kappa shape index (κ3) is 6.56. The van der Waals surface area contributed by atoms with Crippen LogP contribution in [0.15, 0.2) is 66.7 Å². The molecule has 5 nitrogen and oxygen atoms in total. The maximum Gasteiger partial charge on any atom is 0.257 e. The fourth-order valence-electron chi connectivity index (χ4n) is 5.42. The van der Waals surface area contributed by atoms with Crippen LogP contribution in [0.3, 0.4) is 0 Å². The van der Waals surface area contributed by atoms with Crippen LogP contribution in [0.4, 0.5) is 10.1 Å². The van der Waals surface area contributed by atoms with Crippen LogP contribution in [0.1, 0.15) is 78.7 Å². The number of nitrogens with one attached hydrogen (secondary N) is 1. The summed E-state index contributed by atoms with van der Waals surface area (Å²) in [7, 11) is 0. The van der Waals surface area contributed by atoms with Gasteiger partial charge in [0, 0.05) is 18.8 Å². The molecule has 1 saturated heterocycles. The lowest BCUT2D eigenvalue weighted by molar-refractivity contribution is -0.123. The summed E-state index contributed by atoms with van der Waals surface area (Å²) in [6, 6.07) is 19.9. The van der Waals surface area contributed by atoms with Gasteiger partial charge in [0.15, 0.2) is 0 Å². The summed E-state index contributed by atoms with van der Waals surface area (Å²) >= 11 is 0. The molecule has 2 amide bonds. The Bertz CT molecular complexity index is 1290. The number of benzene rings is 3. The third-order valence-electron chi connectivity index (χ3n) is 7.61. The van der Waals surface area contributed by atoms with E-state index in [9.17, 15) is 19.1 Å². The summed E-state index contributed by atoms with van der Waals surface area (Å²) in [6.07, 6.45) is 2.66. The lowest BCUT2D eigenvalue weighted by atomic mass is 9.82. The fraction of sp³-hybridized carbons (Fsp3) is 0.394. The van der Waals surface area contributed by atoms with Gasteiger partial charge < -0.3 is 15.3 Å². The minimum Gasteiger partial charge on any atom is -0.396 e. The number of likely N-dealkylation sites (tertiary alicyclic amines) is 1. The van der Waals surface area contributed by atoms with E-state index >= 15 is 0 Å². The lowest BCUT2D eigenvalue weighted by Crippen LogP contribution is -2.46. The summed E-state index contributed by atoms with van der Waals surface area (Å²) in [6.45, 7) is 8.67. The van der Waals surface area contributed by atoms with Crippen LogP contribution in [0, 0.1) is 18.7 Å². The SMILES string of the molecule is Cc1cccc(F)c1C(=O)N1CCC[C@H](C(=O)Nc2cccc(C(C)(C)C)c2)[C@@H]1c1ccc(CCCO)cc1. The van der Waals surface area contributed by atoms with Gasteiger partial charge in [-0.2, -0.15) is 0 Å². The minimum atomic E-state index is -0.552. The molecule has 1 aliphatic heterocycles. The molecular formula is C33H39FN2O3. The summed E-state index contributed by atoms with van der Waals surface area (Å²) < 4.78 is 14.9. The van der Waals surface area contributed by atoms with Gasteiger partial charge in [-0.3, -0.25) is 9.59 Å². The van der Waals surface area contributed by atoms with E-state index in [0.717, 1.165) is 28.8 Å². The smallest absolute Gasteiger partial charge is 0.257 e. The van der Waals surface area contributed by atoms with E-state index in [4.69, 9.17) is 0 Å². The summed E-state index contributed by atoms with van der Waals surface area (Å²) in [4.78, 5) is 29.3. The maximum absolute atomic E-state index is 14.9. The molecule has 1 heterocycles. The molecule has 0 spiro atoms. The Labute approximate surface area is 231 Å². The van der Waals surface area contributed by atoms with Crippen LogP contribution in [0.5, 0.6) is 0 Å². The molecule has 0 bridgehead atoms. The van der Waals surface area contributed by atoms with E-state index in [1.54, 1.807) is 24.0 Å². The van der Waals surface area contributed by atoms with Gasteiger partial charge in [-0.25, -0.2) is 4.39 Å². The second-order valence-electron chi connectivity index (χ2n) is 11.5. The first-order chi connectivity index (χ1) is 18.6. The maximum atomic E-state index is 14.9. The normalized spacial score (nSPS) is 17.6. The molecule has 0 saturated carbocycles. The van der Waals surface area contributed by atoms with Gasteiger partial charge in [0.25, 0.3) is 5.91 Å². The molecule has 2 N–H and O–H groups in total. The fourth-order valence-corrected chi connectivity index (χ4v) is 5.42. The average Bonchev–Trinajstić information content (AvgIpc) is 2.91. The zero-order chi connectivity index (χ0) is 28.2. The minimum absolute atomic E-state index is 0.0565. The van der Waals surface area contributed by atoms with Crippen LogP contribution in [0.25, 0.3) is 0 Å². The van der Waals surface area contributed by atoms with E-state index in [0.29, 0.717) is 31.4 Å². The van der Waals surface area contributed by atoms with Crippen LogP contribution in [-0.2, 0) is 16.6 Å². The first-order valence-corrected chi connectivity index (χ1v) is 13.8. The number of aryl methyl sites for hydroxylation is 2. The van der Waals surface area contributed by atoms with Crippen LogP contribution in [0.2, 0.25) is 0 Å². The first kappa shape index (κ1) is 28.5. The molecular weight excluding hydrogens is 491 g/mol. The summed E-state index contributed by atoms with van der Waals surface area (Å²) in [5, 5.41) is 12.3. The predicted molar refractivity (Wildman–Crippen MR) is 153 cm³/mol. The number of carbonyl (C=O) groups is 2. The molecule has 1 fully saturated rings. The van der Waals surface area contributed by atoms with E-state index < -0.39 is 23.7 Å². The molecule has 3 aromatic rings. The van der Waals surface area contributed by atoms with Gasteiger partial charge in [0.2, 0.25) is 5.91 Å². The molecule has 4 rings (SSSR count). The van der Waals surface area contributed by atoms with Crippen molar-refractivity contribution in [3.05, 3.63) is 100 Å². The molecule has 1 aliphatic rings. The van der Waals surface area contributed by atoms with E-state index in [-0.39, 0.29) is 23.5 Å². The molecule has 0 aromatic heterocycles. The monoisotopic (exact) mass is 530 g/mol. The van der Waals surface area contributed by atoms with E-state index in [1.807, 2.05) is 42.5 Å². The number of aliphatic hydroxyl groups excluding tert-OH is 1. The van der Waals surface area contributed by atoms with Gasteiger partial charge >= 0.3 is 0 Å². The Morgan fingerprint density at radius 2 is 1.77 bits per heavy atom. The molecule has 2 atom stereocenters. The number of rotatable bonds is 7. The van der Waals surface area contributed by atoms with Crippen molar-refractivity contribution < 1.29 is 19.1 Å². The quantitative estimate of drug-likeness (QED) is 0.362. The number of piperidine rings is 1. The highest BCUT2D eigenvalue weighted by Gasteiger charge is 2.40. The number of anilines is 1. The van der Waals surface area contributed by atoms with Gasteiger partial charge in [0.05, 0.1) is 17.5 Å². The molecule has 39 heavy (non-hydrogen) atoms. The van der Waals surface area contributed by atoms with Crippen molar-refractivity contribution in [2.75, 3.05) is 18.5 Å². The van der Waals surface area contributed by atoms with Crippen molar-refractivity contribution in [1.82, 2.24) is 4.90 Å². The molecule has 3 aromatic carbocycles. The number of hydrogen-bond donors (Lipinski definition) is 2. The lowest BCUT2D eigenvalue weighted by Gasteiger charge is -2.41. The Morgan fingerprint density at radius 3 is 2.44 bits per heavy atom. The van der Waals surface area contributed by atoms with Gasteiger partial charge in [0.1, 0.15) is 5.82 Å². The summed E-state index contributed by atoms with van der Waals surface area (Å²) in [5.74, 6) is -1.61. The number of aliphatic hydroxyl groups is 1. The molecule has 206 valence electrons. The summed E-state index contributed by atoms with van der Waals surface area (Å²) in [5.41, 5.74) is 4.32. The molecule has 6 heteroatoms. The average molecular weight is 531 g/mol. The Morgan fingerprint density at radius 1 is 1.05 bits per heavy atom.